The molecular weight excluding hydrogens is 234 g/mol. The molecule has 0 bridgehead atoms. The van der Waals surface area contributed by atoms with Crippen LogP contribution in [0.1, 0.15) is 42.6 Å². The van der Waals surface area contributed by atoms with Crippen LogP contribution in [0, 0.1) is 0 Å². The van der Waals surface area contributed by atoms with Gasteiger partial charge in [0.2, 0.25) is 0 Å². The van der Waals surface area contributed by atoms with Gasteiger partial charge in [-0.05, 0) is 24.8 Å². The van der Waals surface area contributed by atoms with E-state index in [1.165, 1.54) is 6.42 Å². The first-order chi connectivity index (χ1) is 9.36. The van der Waals surface area contributed by atoms with Crippen molar-refractivity contribution in [2.45, 2.75) is 31.3 Å². The van der Waals surface area contributed by atoms with E-state index in [1.807, 2.05) is 30.7 Å². The fourth-order valence-corrected chi connectivity index (χ4v) is 2.72. The molecule has 1 aliphatic carbocycles. The molecule has 2 aromatic rings. The van der Waals surface area contributed by atoms with Gasteiger partial charge in [-0.2, -0.15) is 0 Å². The van der Waals surface area contributed by atoms with Gasteiger partial charge < -0.3 is 10.3 Å². The average molecular weight is 253 g/mol. The molecule has 0 radical (unpaired) electrons. The number of hydrogen-bond acceptors (Lipinski definition) is 2. The molecule has 2 unspecified atom stereocenters. The van der Waals surface area contributed by atoms with Crippen molar-refractivity contribution < 1.29 is 0 Å². The third-order valence-electron chi connectivity index (χ3n) is 3.81. The number of imidazole rings is 1. The van der Waals surface area contributed by atoms with Gasteiger partial charge >= 0.3 is 0 Å². The quantitative estimate of drug-likeness (QED) is 0.854. The molecule has 0 spiro atoms. The highest BCUT2D eigenvalue weighted by Crippen LogP contribution is 2.28. The zero-order chi connectivity index (χ0) is 13.1. The van der Waals surface area contributed by atoms with Gasteiger partial charge in [0.25, 0.3) is 0 Å². The average Bonchev–Trinajstić information content (AvgIpc) is 2.98. The second-order valence-corrected chi connectivity index (χ2v) is 5.05. The molecule has 98 valence electrons. The van der Waals surface area contributed by atoms with Crippen molar-refractivity contribution in [2.75, 3.05) is 0 Å². The predicted molar refractivity (Wildman–Crippen MR) is 76.7 cm³/mol. The Morgan fingerprint density at radius 2 is 2.05 bits per heavy atom. The summed E-state index contributed by atoms with van der Waals surface area (Å²) in [6.45, 7) is 0. The van der Waals surface area contributed by atoms with E-state index < -0.39 is 0 Å². The summed E-state index contributed by atoms with van der Waals surface area (Å²) < 4.78 is 2.25. The Kier molecular flexibility index (Phi) is 3.47. The van der Waals surface area contributed by atoms with E-state index >= 15 is 0 Å². The van der Waals surface area contributed by atoms with Crippen LogP contribution in [0.25, 0.3) is 0 Å². The summed E-state index contributed by atoms with van der Waals surface area (Å²) in [5, 5.41) is 0. The number of nitrogens with two attached hydrogens (primary N) is 1. The van der Waals surface area contributed by atoms with Crippen molar-refractivity contribution in [1.82, 2.24) is 9.55 Å². The van der Waals surface area contributed by atoms with Gasteiger partial charge in [0, 0.05) is 6.04 Å². The van der Waals surface area contributed by atoms with Crippen molar-refractivity contribution in [1.29, 1.82) is 0 Å². The summed E-state index contributed by atoms with van der Waals surface area (Å²) >= 11 is 0. The molecule has 3 heteroatoms. The molecule has 2 N–H and O–H groups in total. The lowest BCUT2D eigenvalue weighted by molar-refractivity contribution is 0.443. The van der Waals surface area contributed by atoms with Gasteiger partial charge in [-0.1, -0.05) is 42.5 Å². The summed E-state index contributed by atoms with van der Waals surface area (Å²) in [5.41, 5.74) is 8.63. The van der Waals surface area contributed by atoms with Crippen molar-refractivity contribution in [3.05, 3.63) is 66.3 Å². The number of hydrogen-bond donors (Lipinski definition) is 1. The molecule has 1 heterocycles. The lowest BCUT2D eigenvalue weighted by Gasteiger charge is -2.24. The van der Waals surface area contributed by atoms with Crippen LogP contribution < -0.4 is 5.73 Å². The number of allylic oxidation sites excluding steroid dienone is 2. The molecule has 1 aromatic carbocycles. The van der Waals surface area contributed by atoms with Crippen LogP contribution in [-0.2, 0) is 0 Å². The molecule has 1 aromatic heterocycles. The summed E-state index contributed by atoms with van der Waals surface area (Å²) in [6, 6.07) is 10.6. The smallest absolute Gasteiger partial charge is 0.0951 e. The van der Waals surface area contributed by atoms with E-state index in [0.29, 0.717) is 6.04 Å². The Bertz CT molecular complexity index is 556. The maximum atomic E-state index is 6.39. The van der Waals surface area contributed by atoms with E-state index in [2.05, 4.69) is 33.8 Å². The van der Waals surface area contributed by atoms with E-state index in [0.717, 1.165) is 24.1 Å². The first kappa shape index (κ1) is 12.2. The number of nitrogens with zero attached hydrogens (tertiary/aromatic N) is 2. The summed E-state index contributed by atoms with van der Waals surface area (Å²) in [6.07, 6.45) is 11.7. The highest BCUT2D eigenvalue weighted by molar-refractivity contribution is 5.26. The standard InChI is InChI=1S/C16H19N3/c17-16(13-7-3-1-4-8-13)15-11-18-12-19(15)14-9-5-2-6-10-14/h1-5,7-8,11-12,14,16H,6,9-10,17H2. The van der Waals surface area contributed by atoms with Gasteiger partial charge in [0.05, 0.1) is 24.3 Å². The van der Waals surface area contributed by atoms with Gasteiger partial charge in [0.1, 0.15) is 0 Å². The Labute approximate surface area is 113 Å². The number of rotatable bonds is 3. The fraction of sp³-hybridized carbons (Fsp3) is 0.312. The van der Waals surface area contributed by atoms with Crippen molar-refractivity contribution in [3.8, 4) is 0 Å². The van der Waals surface area contributed by atoms with Crippen LogP contribution in [0.5, 0.6) is 0 Å². The van der Waals surface area contributed by atoms with Gasteiger partial charge in [0.15, 0.2) is 0 Å². The minimum Gasteiger partial charge on any atom is -0.329 e. The first-order valence-electron chi connectivity index (χ1n) is 6.83. The molecule has 3 nitrogen and oxygen atoms in total. The van der Waals surface area contributed by atoms with E-state index in [4.69, 9.17) is 5.73 Å². The van der Waals surface area contributed by atoms with Crippen molar-refractivity contribution in [2.24, 2.45) is 5.73 Å². The molecule has 0 amide bonds. The van der Waals surface area contributed by atoms with Crippen LogP contribution in [0.15, 0.2) is 55.0 Å². The third-order valence-corrected chi connectivity index (χ3v) is 3.81. The number of benzene rings is 1. The second kappa shape index (κ2) is 5.41. The van der Waals surface area contributed by atoms with Crippen LogP contribution in [0.4, 0.5) is 0 Å². The lowest BCUT2D eigenvalue weighted by Crippen LogP contribution is -2.20. The van der Waals surface area contributed by atoms with E-state index in [9.17, 15) is 0 Å². The highest BCUT2D eigenvalue weighted by Gasteiger charge is 2.19. The molecular formula is C16H19N3. The summed E-state index contributed by atoms with van der Waals surface area (Å²) in [4.78, 5) is 4.30. The topological polar surface area (TPSA) is 43.8 Å². The molecule has 19 heavy (non-hydrogen) atoms. The predicted octanol–water partition coefficient (Wildman–Crippen LogP) is 3.21. The number of aromatic nitrogens is 2. The molecule has 1 aliphatic rings. The van der Waals surface area contributed by atoms with Crippen LogP contribution in [-0.4, -0.2) is 9.55 Å². The summed E-state index contributed by atoms with van der Waals surface area (Å²) in [7, 11) is 0. The Hall–Kier alpha value is -1.87. The first-order valence-corrected chi connectivity index (χ1v) is 6.83. The Morgan fingerprint density at radius 1 is 1.21 bits per heavy atom. The minimum absolute atomic E-state index is 0.102. The molecule has 2 atom stereocenters. The van der Waals surface area contributed by atoms with Gasteiger partial charge in [-0.15, -0.1) is 0 Å². The monoisotopic (exact) mass is 253 g/mol. The zero-order valence-corrected chi connectivity index (χ0v) is 10.9. The maximum absolute atomic E-state index is 6.39. The van der Waals surface area contributed by atoms with Gasteiger partial charge in [-0.3, -0.25) is 0 Å². The fourth-order valence-electron chi connectivity index (χ4n) is 2.72. The maximum Gasteiger partial charge on any atom is 0.0951 e. The van der Waals surface area contributed by atoms with E-state index in [-0.39, 0.29) is 6.04 Å². The van der Waals surface area contributed by atoms with Crippen molar-refractivity contribution in [3.63, 3.8) is 0 Å². The lowest BCUT2D eigenvalue weighted by atomic mass is 10.00. The van der Waals surface area contributed by atoms with Crippen LogP contribution in [0.3, 0.4) is 0 Å². The minimum atomic E-state index is -0.102. The van der Waals surface area contributed by atoms with Crippen molar-refractivity contribution >= 4 is 0 Å². The molecule has 0 fully saturated rings. The molecule has 0 aliphatic heterocycles. The van der Waals surface area contributed by atoms with Gasteiger partial charge in [-0.25, -0.2) is 4.98 Å². The molecule has 0 saturated carbocycles. The van der Waals surface area contributed by atoms with Crippen LogP contribution >= 0.6 is 0 Å². The largest absolute Gasteiger partial charge is 0.329 e. The molecule has 0 saturated heterocycles. The third kappa shape index (κ3) is 2.47. The second-order valence-electron chi connectivity index (χ2n) is 5.05. The Morgan fingerprint density at radius 3 is 2.79 bits per heavy atom. The normalized spacial score (nSPS) is 20.4. The zero-order valence-electron chi connectivity index (χ0n) is 10.9. The molecule has 3 rings (SSSR count). The van der Waals surface area contributed by atoms with E-state index in [1.54, 1.807) is 0 Å². The SMILES string of the molecule is NC(c1ccccc1)c1cncn1C1CC=CCC1. The Balaban J connectivity index is 1.89. The highest BCUT2D eigenvalue weighted by atomic mass is 15.1. The van der Waals surface area contributed by atoms with Crippen LogP contribution in [0.2, 0.25) is 0 Å². The summed E-state index contributed by atoms with van der Waals surface area (Å²) in [5.74, 6) is 0.